The monoisotopic (exact) mass is 348 g/mol. The SMILES string of the molecule is CN(C)CC1C2CCC(C2)CC1c1cc(C[C@H](N)C(=O)O)ccc1F. The number of benzene rings is 1. The second-order valence-electron chi connectivity index (χ2n) is 8.21. The Kier molecular flexibility index (Phi) is 5.44. The summed E-state index contributed by atoms with van der Waals surface area (Å²) >= 11 is 0. The summed E-state index contributed by atoms with van der Waals surface area (Å²) in [4.78, 5) is 13.2. The minimum atomic E-state index is -1.02. The average molecular weight is 348 g/mol. The molecule has 0 spiro atoms. The lowest BCUT2D eigenvalue weighted by Crippen LogP contribution is -2.35. The first-order valence-corrected chi connectivity index (χ1v) is 9.26. The van der Waals surface area contributed by atoms with E-state index in [0.717, 1.165) is 24.1 Å². The van der Waals surface area contributed by atoms with Crippen molar-refractivity contribution >= 4 is 5.97 Å². The molecule has 2 saturated carbocycles. The maximum absolute atomic E-state index is 14.7. The molecule has 0 aliphatic heterocycles. The van der Waals surface area contributed by atoms with Crippen LogP contribution in [0.2, 0.25) is 0 Å². The lowest BCUT2D eigenvalue weighted by molar-refractivity contribution is -0.138. The van der Waals surface area contributed by atoms with Crippen molar-refractivity contribution in [2.45, 2.75) is 44.1 Å². The Morgan fingerprint density at radius 1 is 1.36 bits per heavy atom. The zero-order valence-corrected chi connectivity index (χ0v) is 15.1. The predicted molar refractivity (Wildman–Crippen MR) is 95.9 cm³/mol. The van der Waals surface area contributed by atoms with E-state index in [-0.39, 0.29) is 18.2 Å². The summed E-state index contributed by atoms with van der Waals surface area (Å²) in [5.41, 5.74) is 7.24. The summed E-state index contributed by atoms with van der Waals surface area (Å²) in [6.45, 7) is 0.973. The third-order valence-electron chi connectivity index (χ3n) is 6.10. The first-order valence-electron chi connectivity index (χ1n) is 9.26. The number of carboxylic acids is 1. The zero-order chi connectivity index (χ0) is 18.1. The van der Waals surface area contributed by atoms with E-state index in [4.69, 9.17) is 10.8 Å². The Morgan fingerprint density at radius 2 is 2.12 bits per heavy atom. The van der Waals surface area contributed by atoms with Gasteiger partial charge in [-0.25, -0.2) is 4.39 Å². The minimum absolute atomic E-state index is 0.164. The Morgan fingerprint density at radius 3 is 2.80 bits per heavy atom. The molecule has 2 aliphatic rings. The smallest absolute Gasteiger partial charge is 0.320 e. The van der Waals surface area contributed by atoms with Crippen LogP contribution < -0.4 is 5.73 Å². The van der Waals surface area contributed by atoms with Crippen molar-refractivity contribution in [2.75, 3.05) is 20.6 Å². The van der Waals surface area contributed by atoms with Gasteiger partial charge in [0, 0.05) is 6.54 Å². The third kappa shape index (κ3) is 4.04. The molecule has 25 heavy (non-hydrogen) atoms. The molecule has 4 nitrogen and oxygen atoms in total. The Hall–Kier alpha value is -1.46. The highest BCUT2D eigenvalue weighted by Crippen LogP contribution is 2.52. The van der Waals surface area contributed by atoms with Crippen LogP contribution in [-0.4, -0.2) is 42.7 Å². The zero-order valence-electron chi connectivity index (χ0n) is 15.1. The van der Waals surface area contributed by atoms with Crippen molar-refractivity contribution in [3.8, 4) is 0 Å². The van der Waals surface area contributed by atoms with Crippen LogP contribution in [0.15, 0.2) is 18.2 Å². The largest absolute Gasteiger partial charge is 0.480 e. The van der Waals surface area contributed by atoms with Crippen molar-refractivity contribution in [3.05, 3.63) is 35.1 Å². The lowest BCUT2D eigenvalue weighted by Gasteiger charge is -2.39. The van der Waals surface area contributed by atoms with Crippen molar-refractivity contribution < 1.29 is 14.3 Å². The molecule has 2 fully saturated rings. The molecule has 5 atom stereocenters. The molecule has 0 heterocycles. The van der Waals surface area contributed by atoms with Crippen LogP contribution >= 0.6 is 0 Å². The number of rotatable bonds is 6. The van der Waals surface area contributed by atoms with Crippen LogP contribution in [0.25, 0.3) is 0 Å². The molecule has 0 aromatic heterocycles. The van der Waals surface area contributed by atoms with Crippen molar-refractivity contribution in [3.63, 3.8) is 0 Å². The first-order chi connectivity index (χ1) is 11.8. The summed E-state index contributed by atoms with van der Waals surface area (Å²) < 4.78 is 14.7. The third-order valence-corrected chi connectivity index (χ3v) is 6.10. The van der Waals surface area contributed by atoms with Gasteiger partial charge in [0.25, 0.3) is 0 Å². The molecule has 3 rings (SSSR count). The van der Waals surface area contributed by atoms with Gasteiger partial charge in [-0.2, -0.15) is 0 Å². The van der Waals surface area contributed by atoms with E-state index < -0.39 is 12.0 Å². The fraction of sp³-hybridized carbons (Fsp3) is 0.650. The van der Waals surface area contributed by atoms with Gasteiger partial charge in [-0.3, -0.25) is 4.79 Å². The maximum Gasteiger partial charge on any atom is 0.320 e. The van der Waals surface area contributed by atoms with Gasteiger partial charge >= 0.3 is 5.97 Å². The highest BCUT2D eigenvalue weighted by atomic mass is 19.1. The number of fused-ring (bicyclic) bond motifs is 2. The quantitative estimate of drug-likeness (QED) is 0.830. The highest BCUT2D eigenvalue weighted by molar-refractivity contribution is 5.73. The van der Waals surface area contributed by atoms with Gasteiger partial charge in [-0.15, -0.1) is 0 Å². The van der Waals surface area contributed by atoms with E-state index >= 15 is 0 Å². The number of carbonyl (C=O) groups is 1. The summed E-state index contributed by atoms with van der Waals surface area (Å²) in [5.74, 6) is 0.879. The van der Waals surface area contributed by atoms with Gasteiger partial charge in [0.15, 0.2) is 0 Å². The number of hydrogen-bond acceptors (Lipinski definition) is 3. The van der Waals surface area contributed by atoms with E-state index in [1.807, 2.05) is 6.07 Å². The second-order valence-corrected chi connectivity index (χ2v) is 8.21. The van der Waals surface area contributed by atoms with Crippen LogP contribution in [0.1, 0.15) is 42.7 Å². The highest BCUT2D eigenvalue weighted by Gasteiger charge is 2.43. The van der Waals surface area contributed by atoms with Crippen LogP contribution in [-0.2, 0) is 11.2 Å². The van der Waals surface area contributed by atoms with Crippen LogP contribution in [0.4, 0.5) is 4.39 Å². The molecule has 138 valence electrons. The first kappa shape index (κ1) is 18.3. The summed E-state index contributed by atoms with van der Waals surface area (Å²) in [5, 5.41) is 9.03. The summed E-state index contributed by atoms with van der Waals surface area (Å²) in [6, 6.07) is 4.08. The molecule has 0 radical (unpaired) electrons. The fourth-order valence-electron chi connectivity index (χ4n) is 4.98. The van der Waals surface area contributed by atoms with Gasteiger partial charge in [0.05, 0.1) is 0 Å². The topological polar surface area (TPSA) is 66.6 Å². The Bertz CT molecular complexity index is 634. The molecule has 1 aromatic carbocycles. The molecule has 0 amide bonds. The fourth-order valence-corrected chi connectivity index (χ4v) is 4.98. The molecule has 1 aromatic rings. The van der Waals surface area contributed by atoms with Crippen molar-refractivity contribution in [2.24, 2.45) is 23.5 Å². The Labute approximate surface area is 149 Å². The molecule has 2 aliphatic carbocycles. The molecule has 3 N–H and O–H groups in total. The number of aliphatic carboxylic acids is 1. The molecular weight excluding hydrogens is 319 g/mol. The normalized spacial score (nSPS) is 29.8. The summed E-state index contributed by atoms with van der Waals surface area (Å²) in [7, 11) is 4.16. The van der Waals surface area contributed by atoms with E-state index in [2.05, 4.69) is 19.0 Å². The Balaban J connectivity index is 1.88. The predicted octanol–water partition coefficient (Wildman–Crippen LogP) is 2.86. The van der Waals surface area contributed by atoms with Crippen LogP contribution in [0.3, 0.4) is 0 Å². The molecule has 2 bridgehead atoms. The average Bonchev–Trinajstić information content (AvgIpc) is 2.94. The number of halogens is 1. The molecule has 4 unspecified atom stereocenters. The molecular formula is C20H29FN2O2. The number of nitrogens with zero attached hydrogens (tertiary/aromatic N) is 1. The van der Waals surface area contributed by atoms with Gasteiger partial charge in [0.1, 0.15) is 11.9 Å². The van der Waals surface area contributed by atoms with Gasteiger partial charge < -0.3 is 15.7 Å². The number of nitrogens with two attached hydrogens (primary N) is 1. The van der Waals surface area contributed by atoms with Crippen LogP contribution in [0.5, 0.6) is 0 Å². The van der Waals surface area contributed by atoms with Crippen molar-refractivity contribution in [1.29, 1.82) is 0 Å². The maximum atomic E-state index is 14.7. The second kappa shape index (κ2) is 7.42. The summed E-state index contributed by atoms with van der Waals surface area (Å²) in [6.07, 6.45) is 5.07. The van der Waals surface area contributed by atoms with Gasteiger partial charge in [-0.1, -0.05) is 18.6 Å². The van der Waals surface area contributed by atoms with Crippen molar-refractivity contribution in [1.82, 2.24) is 4.90 Å². The van der Waals surface area contributed by atoms with E-state index in [1.54, 1.807) is 6.07 Å². The van der Waals surface area contributed by atoms with E-state index in [9.17, 15) is 9.18 Å². The standard InChI is InChI=1S/C20H29FN2O2/c1-23(2)11-17-14-5-3-12(7-14)8-15(17)16-9-13(4-6-18(16)21)10-19(22)20(24)25/h4,6,9,12,14-15,17,19H,3,5,7-8,10-11,22H2,1-2H3,(H,24,25)/t12?,14?,15?,17?,19-/m0/s1. The van der Waals surface area contributed by atoms with Gasteiger partial charge in [-0.05, 0) is 80.6 Å². The molecule has 5 heteroatoms. The van der Waals surface area contributed by atoms with E-state index in [1.165, 1.54) is 25.3 Å². The van der Waals surface area contributed by atoms with Crippen LogP contribution in [0, 0.1) is 23.6 Å². The number of carboxylic acid groups (broad SMARTS) is 1. The number of hydrogen-bond donors (Lipinski definition) is 2. The lowest BCUT2D eigenvalue weighted by atomic mass is 9.69. The van der Waals surface area contributed by atoms with Gasteiger partial charge in [0.2, 0.25) is 0 Å². The minimum Gasteiger partial charge on any atom is -0.480 e. The molecule has 0 saturated heterocycles. The van der Waals surface area contributed by atoms with E-state index in [0.29, 0.717) is 17.8 Å².